The Hall–Kier alpha value is -1.12. The minimum atomic E-state index is -5.26. The quantitative estimate of drug-likeness (QED) is 0.303. The Balaban J connectivity index is 0.00000450. The van der Waals surface area contributed by atoms with Crippen LogP contribution in [0.15, 0.2) is 29.3 Å². The zero-order valence-corrected chi connectivity index (χ0v) is 20.1. The molecule has 1 saturated heterocycles. The van der Waals surface area contributed by atoms with Crippen LogP contribution >= 0.6 is 24.0 Å². The Bertz CT molecular complexity index is 781. The average molecular weight is 564 g/mol. The lowest BCUT2D eigenvalue weighted by Crippen LogP contribution is -2.51. The highest BCUT2D eigenvalue weighted by molar-refractivity contribution is 14.0. The van der Waals surface area contributed by atoms with E-state index in [1.807, 2.05) is 31.2 Å². The first-order valence-electron chi connectivity index (χ1n) is 9.36. The van der Waals surface area contributed by atoms with E-state index in [2.05, 4.69) is 15.6 Å². The van der Waals surface area contributed by atoms with Crippen LogP contribution in [0.3, 0.4) is 0 Å². The summed E-state index contributed by atoms with van der Waals surface area (Å²) in [5.41, 5.74) is -3.14. The lowest BCUT2D eigenvalue weighted by molar-refractivity contribution is -0.0494. The molecule has 0 radical (unpaired) electrons. The van der Waals surface area contributed by atoms with Crippen LogP contribution in [0.4, 0.5) is 13.2 Å². The molecule has 2 rings (SSSR count). The van der Waals surface area contributed by atoms with Crippen LogP contribution in [-0.2, 0) is 27.9 Å². The third kappa shape index (κ3) is 7.54. The molecule has 1 aromatic carbocycles. The average Bonchev–Trinajstić information content (AvgIpc) is 2.69. The topological polar surface area (TPSA) is 83.0 Å². The van der Waals surface area contributed by atoms with Crippen LogP contribution in [-0.4, -0.2) is 57.0 Å². The minimum Gasteiger partial charge on any atom is -0.377 e. The molecule has 30 heavy (non-hydrogen) atoms. The zero-order valence-electron chi connectivity index (χ0n) is 16.9. The number of nitrogens with zero attached hydrogens (tertiary/aromatic N) is 2. The number of nitrogens with one attached hydrogen (secondary N) is 2. The van der Waals surface area contributed by atoms with Gasteiger partial charge in [-0.3, -0.25) is 4.99 Å². The molecule has 0 spiro atoms. The molecule has 1 fully saturated rings. The van der Waals surface area contributed by atoms with Gasteiger partial charge in [-0.25, -0.2) is 8.42 Å². The van der Waals surface area contributed by atoms with E-state index in [9.17, 15) is 21.6 Å². The lowest BCUT2D eigenvalue weighted by atomic mass is 10.1. The fraction of sp³-hybridized carbons (Fsp3) is 0.611. The second kappa shape index (κ2) is 12.1. The molecule has 0 bridgehead atoms. The number of aliphatic imine (C=N–C) groups is 1. The molecule has 0 aromatic heterocycles. The fourth-order valence-corrected chi connectivity index (χ4v) is 3.92. The number of guanidine groups is 1. The van der Waals surface area contributed by atoms with Gasteiger partial charge in [0.05, 0.1) is 6.61 Å². The molecule has 0 aliphatic carbocycles. The highest BCUT2D eigenvalue weighted by Gasteiger charge is 2.50. The fourth-order valence-electron chi connectivity index (χ4n) is 2.93. The van der Waals surface area contributed by atoms with E-state index >= 15 is 0 Å². The number of benzene rings is 1. The van der Waals surface area contributed by atoms with Crippen molar-refractivity contribution in [3.8, 4) is 0 Å². The summed E-state index contributed by atoms with van der Waals surface area (Å²) < 4.78 is 66.7. The number of piperidine rings is 1. The summed E-state index contributed by atoms with van der Waals surface area (Å²) in [5.74, 6) is 0.514. The molecule has 12 heteroatoms. The normalized spacial score (nSPS) is 16.8. The van der Waals surface area contributed by atoms with E-state index in [-0.39, 0.29) is 55.9 Å². The van der Waals surface area contributed by atoms with Gasteiger partial charge in [0.2, 0.25) is 0 Å². The molecule has 0 saturated carbocycles. The molecule has 1 heterocycles. The maximum Gasteiger partial charge on any atom is 0.511 e. The van der Waals surface area contributed by atoms with E-state index in [4.69, 9.17) is 4.74 Å². The molecule has 1 aromatic rings. The summed E-state index contributed by atoms with van der Waals surface area (Å²) in [5, 5.41) is 6.30. The molecule has 0 atom stereocenters. The largest absolute Gasteiger partial charge is 0.511 e. The number of rotatable bonds is 7. The van der Waals surface area contributed by atoms with Crippen LogP contribution < -0.4 is 10.6 Å². The molecule has 0 unspecified atom stereocenters. The van der Waals surface area contributed by atoms with E-state index in [0.29, 0.717) is 30.0 Å². The maximum absolute atomic E-state index is 12.6. The first kappa shape index (κ1) is 26.9. The van der Waals surface area contributed by atoms with Crippen molar-refractivity contribution >= 4 is 40.0 Å². The van der Waals surface area contributed by atoms with Crippen LogP contribution in [0.25, 0.3) is 0 Å². The van der Waals surface area contributed by atoms with Crippen molar-refractivity contribution in [2.24, 2.45) is 4.99 Å². The van der Waals surface area contributed by atoms with Crippen molar-refractivity contribution < 1.29 is 26.3 Å². The molecule has 7 nitrogen and oxygen atoms in total. The van der Waals surface area contributed by atoms with Gasteiger partial charge in [-0.2, -0.15) is 17.5 Å². The Kier molecular flexibility index (Phi) is 10.8. The van der Waals surface area contributed by atoms with Crippen molar-refractivity contribution in [3.63, 3.8) is 0 Å². The van der Waals surface area contributed by atoms with Gasteiger partial charge in [-0.1, -0.05) is 24.3 Å². The van der Waals surface area contributed by atoms with Crippen LogP contribution in [0.2, 0.25) is 0 Å². The minimum absolute atomic E-state index is 0. The maximum atomic E-state index is 12.6. The number of sulfonamides is 1. The van der Waals surface area contributed by atoms with Gasteiger partial charge in [0, 0.05) is 39.3 Å². The second-order valence-corrected chi connectivity index (χ2v) is 8.58. The number of hydrogen-bond acceptors (Lipinski definition) is 4. The van der Waals surface area contributed by atoms with Gasteiger partial charge >= 0.3 is 15.5 Å². The SMILES string of the molecule is CCOCc1ccc(CNC(=NC)NC2CCN(S(=O)(=O)C(F)(F)F)CC2)cc1.I. The van der Waals surface area contributed by atoms with Crippen LogP contribution in [0, 0.1) is 0 Å². The number of halogens is 4. The first-order valence-corrected chi connectivity index (χ1v) is 10.8. The summed E-state index contributed by atoms with van der Waals surface area (Å²) in [4.78, 5) is 4.12. The molecule has 1 aliphatic heterocycles. The molecular formula is C18H28F3IN4O3S. The second-order valence-electron chi connectivity index (χ2n) is 6.65. The number of hydrogen-bond donors (Lipinski definition) is 2. The van der Waals surface area contributed by atoms with E-state index in [1.165, 1.54) is 0 Å². The van der Waals surface area contributed by atoms with E-state index in [0.717, 1.165) is 11.1 Å². The van der Waals surface area contributed by atoms with Gasteiger partial charge in [-0.05, 0) is 30.9 Å². The van der Waals surface area contributed by atoms with Crippen molar-refractivity contribution in [2.45, 2.75) is 44.5 Å². The third-order valence-corrected chi connectivity index (χ3v) is 6.24. The van der Waals surface area contributed by atoms with Gasteiger partial charge in [-0.15, -0.1) is 24.0 Å². The standard InChI is InChI=1S/C18H27F3N4O3S.HI/c1-3-28-13-15-6-4-14(5-7-15)12-23-17(22-2)24-16-8-10-25(11-9-16)29(26,27)18(19,20)21;/h4-7,16H,3,8-13H2,1-2H3,(H2,22,23,24);1H. The number of ether oxygens (including phenoxy) is 1. The predicted molar refractivity (Wildman–Crippen MR) is 120 cm³/mol. The summed E-state index contributed by atoms with van der Waals surface area (Å²) in [6.45, 7) is 3.32. The van der Waals surface area contributed by atoms with Crippen LogP contribution in [0.5, 0.6) is 0 Å². The molecule has 172 valence electrons. The van der Waals surface area contributed by atoms with E-state index in [1.54, 1.807) is 7.05 Å². The summed E-state index contributed by atoms with van der Waals surface area (Å²) in [6, 6.07) is 7.78. The lowest BCUT2D eigenvalue weighted by Gasteiger charge is -2.32. The van der Waals surface area contributed by atoms with Gasteiger partial charge in [0.15, 0.2) is 5.96 Å². The molecular weight excluding hydrogens is 536 g/mol. The Morgan fingerprint density at radius 2 is 1.77 bits per heavy atom. The van der Waals surface area contributed by atoms with Gasteiger partial charge in [0.25, 0.3) is 0 Å². The Labute approximate surface area is 192 Å². The van der Waals surface area contributed by atoms with Crippen molar-refractivity contribution in [3.05, 3.63) is 35.4 Å². The van der Waals surface area contributed by atoms with Gasteiger partial charge in [0.1, 0.15) is 0 Å². The van der Waals surface area contributed by atoms with Gasteiger partial charge < -0.3 is 15.4 Å². The molecule has 1 aliphatic rings. The number of alkyl halides is 3. The van der Waals surface area contributed by atoms with Crippen LogP contribution in [0.1, 0.15) is 30.9 Å². The van der Waals surface area contributed by atoms with Crippen molar-refractivity contribution in [1.82, 2.24) is 14.9 Å². The van der Waals surface area contributed by atoms with E-state index < -0.39 is 15.5 Å². The highest BCUT2D eigenvalue weighted by Crippen LogP contribution is 2.28. The first-order chi connectivity index (χ1) is 13.7. The molecule has 0 amide bonds. The summed E-state index contributed by atoms with van der Waals surface area (Å²) in [7, 11) is -3.66. The third-order valence-electron chi connectivity index (χ3n) is 4.61. The Morgan fingerprint density at radius 3 is 2.27 bits per heavy atom. The van der Waals surface area contributed by atoms with Crippen molar-refractivity contribution in [2.75, 3.05) is 26.7 Å². The monoisotopic (exact) mass is 564 g/mol. The summed E-state index contributed by atoms with van der Waals surface area (Å²) in [6.07, 6.45) is 0.532. The predicted octanol–water partition coefficient (Wildman–Crippen LogP) is 2.82. The highest BCUT2D eigenvalue weighted by atomic mass is 127. The zero-order chi connectivity index (χ0) is 21.5. The van der Waals surface area contributed by atoms with Crippen molar-refractivity contribution in [1.29, 1.82) is 0 Å². The smallest absolute Gasteiger partial charge is 0.377 e. The summed E-state index contributed by atoms with van der Waals surface area (Å²) >= 11 is 0. The Morgan fingerprint density at radius 1 is 1.20 bits per heavy atom. The molecule has 2 N–H and O–H groups in total.